The van der Waals surface area contributed by atoms with Crippen LogP contribution in [0.25, 0.3) is 21.9 Å². The van der Waals surface area contributed by atoms with Gasteiger partial charge < -0.3 is 14.6 Å². The first-order valence-electron chi connectivity index (χ1n) is 9.48. The van der Waals surface area contributed by atoms with Crippen molar-refractivity contribution in [2.24, 2.45) is 5.92 Å². The van der Waals surface area contributed by atoms with Crippen LogP contribution in [-0.2, 0) is 9.59 Å². The topological polar surface area (TPSA) is 62.6 Å². The summed E-state index contributed by atoms with van der Waals surface area (Å²) in [5.41, 5.74) is 2.64. The van der Waals surface area contributed by atoms with Crippen molar-refractivity contribution in [3.05, 3.63) is 70.7 Å². The van der Waals surface area contributed by atoms with Crippen molar-refractivity contribution in [3.63, 3.8) is 0 Å². The van der Waals surface area contributed by atoms with E-state index in [1.54, 1.807) is 24.3 Å². The minimum absolute atomic E-state index is 0.113. The number of furan rings is 1. The van der Waals surface area contributed by atoms with Crippen LogP contribution < -0.4 is 10.2 Å². The minimum atomic E-state index is -0.487. The van der Waals surface area contributed by atoms with E-state index in [4.69, 9.17) is 27.6 Å². The highest BCUT2D eigenvalue weighted by atomic mass is 35.5. The molecule has 2 heterocycles. The van der Waals surface area contributed by atoms with Gasteiger partial charge in [-0.1, -0.05) is 47.5 Å². The van der Waals surface area contributed by atoms with Crippen molar-refractivity contribution in [2.75, 3.05) is 16.8 Å². The number of hydrogen-bond donors (Lipinski definition) is 1. The molecule has 1 atom stereocenters. The van der Waals surface area contributed by atoms with Crippen molar-refractivity contribution < 1.29 is 14.0 Å². The van der Waals surface area contributed by atoms with E-state index in [0.29, 0.717) is 27.0 Å². The van der Waals surface area contributed by atoms with Gasteiger partial charge >= 0.3 is 0 Å². The van der Waals surface area contributed by atoms with Gasteiger partial charge in [-0.2, -0.15) is 0 Å². The molecule has 1 aromatic heterocycles. The number of amides is 2. The summed E-state index contributed by atoms with van der Waals surface area (Å²) in [5.74, 6) is -0.870. The normalized spacial score (nSPS) is 16.5. The number of fused-ring (bicyclic) bond motifs is 3. The number of anilines is 2. The van der Waals surface area contributed by atoms with Crippen LogP contribution in [0.2, 0.25) is 10.0 Å². The highest BCUT2D eigenvalue weighted by Gasteiger charge is 2.36. The highest BCUT2D eigenvalue weighted by Crippen LogP contribution is 2.36. The van der Waals surface area contributed by atoms with Crippen molar-refractivity contribution in [1.29, 1.82) is 0 Å². The van der Waals surface area contributed by atoms with Crippen LogP contribution in [0.15, 0.2) is 65.1 Å². The summed E-state index contributed by atoms with van der Waals surface area (Å²) >= 11 is 12.3. The minimum Gasteiger partial charge on any atom is -0.456 e. The number of carbonyl (C=O) groups excluding carboxylic acids is 2. The zero-order valence-electron chi connectivity index (χ0n) is 15.7. The number of nitrogens with zero attached hydrogens (tertiary/aromatic N) is 1. The number of rotatable bonds is 3. The molecule has 5 nitrogen and oxygen atoms in total. The molecule has 3 aromatic carbocycles. The molecule has 5 rings (SSSR count). The molecule has 0 aliphatic carbocycles. The Morgan fingerprint density at radius 2 is 1.80 bits per heavy atom. The van der Waals surface area contributed by atoms with Gasteiger partial charge in [0.2, 0.25) is 11.8 Å². The average molecular weight is 439 g/mol. The van der Waals surface area contributed by atoms with Gasteiger partial charge in [-0.3, -0.25) is 9.59 Å². The van der Waals surface area contributed by atoms with Gasteiger partial charge in [0.1, 0.15) is 11.2 Å². The van der Waals surface area contributed by atoms with E-state index < -0.39 is 5.92 Å². The zero-order valence-corrected chi connectivity index (χ0v) is 17.2. The average Bonchev–Trinajstić information content (AvgIpc) is 3.30. The zero-order chi connectivity index (χ0) is 20.8. The molecular formula is C23H16Cl2N2O3. The molecule has 0 unspecified atom stereocenters. The van der Waals surface area contributed by atoms with Gasteiger partial charge in [0.05, 0.1) is 21.7 Å². The molecule has 0 radical (unpaired) electrons. The van der Waals surface area contributed by atoms with Crippen LogP contribution in [0.5, 0.6) is 0 Å². The lowest BCUT2D eigenvalue weighted by Gasteiger charge is -2.18. The predicted octanol–water partition coefficient (Wildman–Crippen LogP) is 5.88. The van der Waals surface area contributed by atoms with E-state index >= 15 is 0 Å². The molecular weight excluding hydrogens is 423 g/mol. The van der Waals surface area contributed by atoms with Crippen molar-refractivity contribution >= 4 is 68.3 Å². The van der Waals surface area contributed by atoms with Gasteiger partial charge in [0, 0.05) is 35.5 Å². The number of halogens is 2. The summed E-state index contributed by atoms with van der Waals surface area (Å²) in [5, 5.41) is 5.60. The molecule has 1 aliphatic heterocycles. The van der Waals surface area contributed by atoms with Crippen LogP contribution in [0.1, 0.15) is 6.42 Å². The fourth-order valence-corrected chi connectivity index (χ4v) is 4.26. The molecule has 1 saturated heterocycles. The number of carbonyl (C=O) groups is 2. The Kier molecular flexibility index (Phi) is 4.65. The Labute approximate surface area is 182 Å². The van der Waals surface area contributed by atoms with Gasteiger partial charge in [-0.05, 0) is 30.3 Å². The van der Waals surface area contributed by atoms with E-state index in [2.05, 4.69) is 5.32 Å². The molecule has 0 saturated carbocycles. The highest BCUT2D eigenvalue weighted by molar-refractivity contribution is 6.44. The fourth-order valence-electron chi connectivity index (χ4n) is 3.86. The summed E-state index contributed by atoms with van der Waals surface area (Å²) in [7, 11) is 0. The SMILES string of the molecule is O=C(Nc1ccc2c(c1)oc1ccccc12)[C@@H]1CC(=O)N(c2cccc(Cl)c2Cl)C1. The Morgan fingerprint density at radius 1 is 1.00 bits per heavy atom. The summed E-state index contributed by atoms with van der Waals surface area (Å²) in [6, 6.07) is 18.5. The number of benzene rings is 3. The van der Waals surface area contributed by atoms with E-state index in [-0.39, 0.29) is 24.8 Å². The van der Waals surface area contributed by atoms with Crippen LogP contribution in [0, 0.1) is 5.92 Å². The van der Waals surface area contributed by atoms with E-state index in [0.717, 1.165) is 16.4 Å². The molecule has 7 heteroatoms. The maximum Gasteiger partial charge on any atom is 0.229 e. The number of nitrogens with one attached hydrogen (secondary N) is 1. The van der Waals surface area contributed by atoms with Crippen molar-refractivity contribution in [2.45, 2.75) is 6.42 Å². The largest absolute Gasteiger partial charge is 0.456 e. The summed E-state index contributed by atoms with van der Waals surface area (Å²) in [4.78, 5) is 26.8. The summed E-state index contributed by atoms with van der Waals surface area (Å²) in [6.07, 6.45) is 0.113. The molecule has 1 fully saturated rings. The Hall–Kier alpha value is -3.02. The third kappa shape index (κ3) is 3.20. The third-order valence-electron chi connectivity index (χ3n) is 5.36. The molecule has 4 aromatic rings. The third-order valence-corrected chi connectivity index (χ3v) is 6.17. The summed E-state index contributed by atoms with van der Waals surface area (Å²) < 4.78 is 5.88. The lowest BCUT2D eigenvalue weighted by atomic mass is 10.1. The van der Waals surface area contributed by atoms with Gasteiger partial charge in [0.15, 0.2) is 0 Å². The van der Waals surface area contributed by atoms with Crippen LogP contribution >= 0.6 is 23.2 Å². The molecule has 1 aliphatic rings. The number of hydrogen-bond acceptors (Lipinski definition) is 3. The van der Waals surface area contributed by atoms with E-state index in [1.807, 2.05) is 36.4 Å². The maximum atomic E-state index is 12.8. The Balaban J connectivity index is 1.36. The van der Waals surface area contributed by atoms with Crippen LogP contribution in [0.3, 0.4) is 0 Å². The van der Waals surface area contributed by atoms with Gasteiger partial charge in [0.25, 0.3) is 0 Å². The molecule has 30 heavy (non-hydrogen) atoms. The van der Waals surface area contributed by atoms with E-state index in [9.17, 15) is 9.59 Å². The summed E-state index contributed by atoms with van der Waals surface area (Å²) in [6.45, 7) is 0.248. The van der Waals surface area contributed by atoms with Crippen LogP contribution in [0.4, 0.5) is 11.4 Å². The number of para-hydroxylation sites is 1. The van der Waals surface area contributed by atoms with Crippen molar-refractivity contribution in [3.8, 4) is 0 Å². The van der Waals surface area contributed by atoms with Gasteiger partial charge in [-0.25, -0.2) is 0 Å². The Morgan fingerprint density at radius 3 is 2.67 bits per heavy atom. The fraction of sp³-hybridized carbons (Fsp3) is 0.130. The molecule has 0 spiro atoms. The lowest BCUT2D eigenvalue weighted by molar-refractivity contribution is -0.122. The first kappa shape index (κ1) is 19.0. The second-order valence-electron chi connectivity index (χ2n) is 7.28. The standard InChI is InChI=1S/C23H16Cl2N2O3/c24-17-5-3-6-18(22(17)25)27-12-13(10-21(27)28)23(29)26-14-8-9-16-15-4-1-2-7-19(15)30-20(16)11-14/h1-9,11,13H,10,12H2,(H,26,29)/t13-/m1/s1. The molecule has 1 N–H and O–H groups in total. The first-order chi connectivity index (χ1) is 14.5. The second-order valence-corrected chi connectivity index (χ2v) is 8.06. The monoisotopic (exact) mass is 438 g/mol. The van der Waals surface area contributed by atoms with E-state index in [1.165, 1.54) is 4.90 Å². The lowest BCUT2D eigenvalue weighted by Crippen LogP contribution is -2.28. The second kappa shape index (κ2) is 7.35. The van der Waals surface area contributed by atoms with Crippen molar-refractivity contribution in [1.82, 2.24) is 0 Å². The Bertz CT molecular complexity index is 1310. The van der Waals surface area contributed by atoms with Gasteiger partial charge in [-0.15, -0.1) is 0 Å². The first-order valence-corrected chi connectivity index (χ1v) is 10.2. The molecule has 0 bridgehead atoms. The quantitative estimate of drug-likeness (QED) is 0.433. The smallest absolute Gasteiger partial charge is 0.229 e. The maximum absolute atomic E-state index is 12.8. The predicted molar refractivity (Wildman–Crippen MR) is 119 cm³/mol. The van der Waals surface area contributed by atoms with Crippen LogP contribution in [-0.4, -0.2) is 18.4 Å². The molecule has 150 valence electrons. The molecule has 2 amide bonds.